The van der Waals surface area contributed by atoms with E-state index in [1.54, 1.807) is 44.4 Å². The van der Waals surface area contributed by atoms with Gasteiger partial charge in [0.2, 0.25) is 0 Å². The van der Waals surface area contributed by atoms with Gasteiger partial charge in [-0.15, -0.1) is 0 Å². The quantitative estimate of drug-likeness (QED) is 0.913. The van der Waals surface area contributed by atoms with Crippen molar-refractivity contribution in [2.45, 2.75) is 13.0 Å². The Morgan fingerprint density at radius 1 is 1.11 bits per heavy atom. The standard InChI is InChI=1S/C15H16FNO2/c1-10(17)15-13(16)7-4-8-14(15)19-12-6-3-5-11(9-12)18-2/h3-10H,17H2,1-2H3/t10-/m1/s1. The molecule has 0 aromatic heterocycles. The van der Waals surface area contributed by atoms with Crippen molar-refractivity contribution in [3.8, 4) is 17.2 Å². The molecule has 1 atom stereocenters. The molecular formula is C15H16FNO2. The molecule has 0 fully saturated rings. The second kappa shape index (κ2) is 5.71. The Bertz CT molecular complexity index is 570. The van der Waals surface area contributed by atoms with Crippen LogP contribution in [0.3, 0.4) is 0 Å². The minimum absolute atomic E-state index is 0.365. The highest BCUT2D eigenvalue weighted by Crippen LogP contribution is 2.31. The molecule has 0 aliphatic rings. The molecule has 0 saturated carbocycles. The smallest absolute Gasteiger partial charge is 0.135 e. The zero-order valence-electron chi connectivity index (χ0n) is 10.9. The van der Waals surface area contributed by atoms with Crippen molar-refractivity contribution in [2.75, 3.05) is 7.11 Å². The van der Waals surface area contributed by atoms with Gasteiger partial charge < -0.3 is 15.2 Å². The third kappa shape index (κ3) is 3.03. The molecule has 0 saturated heterocycles. The molecule has 2 aromatic carbocycles. The fraction of sp³-hybridized carbons (Fsp3) is 0.200. The Morgan fingerprint density at radius 2 is 1.79 bits per heavy atom. The van der Waals surface area contributed by atoms with Crippen LogP contribution < -0.4 is 15.2 Å². The first-order chi connectivity index (χ1) is 9.11. The number of hydrogen-bond donors (Lipinski definition) is 1. The highest BCUT2D eigenvalue weighted by atomic mass is 19.1. The normalized spacial score (nSPS) is 12.0. The maximum atomic E-state index is 13.8. The molecule has 0 aliphatic heterocycles. The van der Waals surface area contributed by atoms with E-state index in [-0.39, 0.29) is 5.82 Å². The van der Waals surface area contributed by atoms with Crippen molar-refractivity contribution >= 4 is 0 Å². The van der Waals surface area contributed by atoms with Crippen LogP contribution in [-0.4, -0.2) is 7.11 Å². The molecule has 2 rings (SSSR count). The van der Waals surface area contributed by atoms with E-state index < -0.39 is 6.04 Å². The summed E-state index contributed by atoms with van der Waals surface area (Å²) in [4.78, 5) is 0. The van der Waals surface area contributed by atoms with Crippen LogP contribution in [0.25, 0.3) is 0 Å². The first-order valence-corrected chi connectivity index (χ1v) is 5.97. The second-order valence-corrected chi connectivity index (χ2v) is 4.22. The molecule has 3 nitrogen and oxygen atoms in total. The molecule has 0 heterocycles. The average Bonchev–Trinajstić information content (AvgIpc) is 2.38. The molecular weight excluding hydrogens is 245 g/mol. The number of rotatable bonds is 4. The predicted octanol–water partition coefficient (Wildman–Crippen LogP) is 3.65. The SMILES string of the molecule is COc1cccc(Oc2cccc(F)c2[C@@H](C)N)c1. The van der Waals surface area contributed by atoms with Gasteiger partial charge >= 0.3 is 0 Å². The summed E-state index contributed by atoms with van der Waals surface area (Å²) in [6.45, 7) is 1.72. The van der Waals surface area contributed by atoms with Crippen molar-refractivity contribution in [3.63, 3.8) is 0 Å². The molecule has 2 aromatic rings. The van der Waals surface area contributed by atoms with Crippen LogP contribution >= 0.6 is 0 Å². The maximum absolute atomic E-state index is 13.8. The molecule has 4 heteroatoms. The van der Waals surface area contributed by atoms with Gasteiger partial charge in [0.05, 0.1) is 7.11 Å². The van der Waals surface area contributed by atoms with Gasteiger partial charge in [-0.2, -0.15) is 0 Å². The van der Waals surface area contributed by atoms with Crippen LogP contribution in [0.1, 0.15) is 18.5 Å². The fourth-order valence-electron chi connectivity index (χ4n) is 1.84. The van der Waals surface area contributed by atoms with E-state index in [1.807, 2.05) is 6.07 Å². The molecule has 0 unspecified atom stereocenters. The third-order valence-corrected chi connectivity index (χ3v) is 2.74. The summed E-state index contributed by atoms with van der Waals surface area (Å²) >= 11 is 0. The molecule has 100 valence electrons. The van der Waals surface area contributed by atoms with Gasteiger partial charge in [0.15, 0.2) is 0 Å². The predicted molar refractivity (Wildman–Crippen MR) is 72.1 cm³/mol. The van der Waals surface area contributed by atoms with Crippen molar-refractivity contribution in [2.24, 2.45) is 5.73 Å². The van der Waals surface area contributed by atoms with Gasteiger partial charge in [0, 0.05) is 17.7 Å². The van der Waals surface area contributed by atoms with Crippen LogP contribution in [0.2, 0.25) is 0 Å². The van der Waals surface area contributed by atoms with Crippen molar-refractivity contribution in [1.82, 2.24) is 0 Å². The van der Waals surface area contributed by atoms with Crippen molar-refractivity contribution in [1.29, 1.82) is 0 Å². The number of ether oxygens (including phenoxy) is 2. The van der Waals surface area contributed by atoms with Crippen LogP contribution in [-0.2, 0) is 0 Å². The Morgan fingerprint density at radius 3 is 2.47 bits per heavy atom. The summed E-state index contributed by atoms with van der Waals surface area (Å²) in [6.07, 6.45) is 0. The van der Waals surface area contributed by atoms with Gasteiger partial charge in [-0.25, -0.2) is 4.39 Å². The molecule has 0 bridgehead atoms. The first kappa shape index (κ1) is 13.4. The summed E-state index contributed by atoms with van der Waals surface area (Å²) in [7, 11) is 1.58. The number of halogens is 1. The maximum Gasteiger partial charge on any atom is 0.135 e. The van der Waals surface area contributed by atoms with Gasteiger partial charge in [-0.3, -0.25) is 0 Å². The lowest BCUT2D eigenvalue weighted by atomic mass is 10.1. The van der Waals surface area contributed by atoms with Gasteiger partial charge in [-0.1, -0.05) is 12.1 Å². The van der Waals surface area contributed by atoms with Gasteiger partial charge in [0.1, 0.15) is 23.1 Å². The average molecular weight is 261 g/mol. The van der Waals surface area contributed by atoms with Crippen molar-refractivity contribution in [3.05, 3.63) is 53.8 Å². The van der Waals surface area contributed by atoms with E-state index in [2.05, 4.69) is 0 Å². The summed E-state index contributed by atoms with van der Waals surface area (Å²) in [5.41, 5.74) is 6.15. The lowest BCUT2D eigenvalue weighted by Crippen LogP contribution is -2.09. The lowest BCUT2D eigenvalue weighted by Gasteiger charge is -2.14. The summed E-state index contributed by atoms with van der Waals surface area (Å²) in [5.74, 6) is 1.31. The molecule has 0 spiro atoms. The second-order valence-electron chi connectivity index (χ2n) is 4.22. The topological polar surface area (TPSA) is 44.5 Å². The Kier molecular flexibility index (Phi) is 4.02. The summed E-state index contributed by atoms with van der Waals surface area (Å²) in [6, 6.07) is 11.3. The molecule has 0 amide bonds. The number of methoxy groups -OCH3 is 1. The van der Waals surface area contributed by atoms with Crippen molar-refractivity contribution < 1.29 is 13.9 Å². The number of nitrogens with two attached hydrogens (primary N) is 1. The minimum atomic E-state index is -0.443. The van der Waals surface area contributed by atoms with Crippen LogP contribution in [0.5, 0.6) is 17.2 Å². The minimum Gasteiger partial charge on any atom is -0.497 e. The van der Waals surface area contributed by atoms with E-state index in [1.165, 1.54) is 6.07 Å². The molecule has 19 heavy (non-hydrogen) atoms. The molecule has 0 aliphatic carbocycles. The summed E-state index contributed by atoms with van der Waals surface area (Å²) in [5, 5.41) is 0. The zero-order chi connectivity index (χ0) is 13.8. The molecule has 2 N–H and O–H groups in total. The van der Waals surface area contributed by atoms with Crippen LogP contribution in [0, 0.1) is 5.82 Å². The van der Waals surface area contributed by atoms with Crippen LogP contribution in [0.4, 0.5) is 4.39 Å². The largest absolute Gasteiger partial charge is 0.497 e. The Balaban J connectivity index is 2.35. The monoisotopic (exact) mass is 261 g/mol. The third-order valence-electron chi connectivity index (χ3n) is 2.74. The van der Waals surface area contributed by atoms with Gasteiger partial charge in [-0.05, 0) is 31.2 Å². The van der Waals surface area contributed by atoms with E-state index in [0.717, 1.165) is 0 Å². The van der Waals surface area contributed by atoms with E-state index in [0.29, 0.717) is 22.8 Å². The number of hydrogen-bond acceptors (Lipinski definition) is 3. The lowest BCUT2D eigenvalue weighted by molar-refractivity contribution is 0.407. The van der Waals surface area contributed by atoms with Gasteiger partial charge in [0.25, 0.3) is 0 Å². The van der Waals surface area contributed by atoms with Crippen LogP contribution in [0.15, 0.2) is 42.5 Å². The zero-order valence-corrected chi connectivity index (χ0v) is 10.9. The number of benzene rings is 2. The summed E-state index contributed by atoms with van der Waals surface area (Å²) < 4.78 is 24.6. The Hall–Kier alpha value is -2.07. The van der Waals surface area contributed by atoms with E-state index in [4.69, 9.17) is 15.2 Å². The fourth-order valence-corrected chi connectivity index (χ4v) is 1.84. The van der Waals surface area contributed by atoms with E-state index in [9.17, 15) is 4.39 Å². The van der Waals surface area contributed by atoms with E-state index >= 15 is 0 Å². The highest BCUT2D eigenvalue weighted by Gasteiger charge is 2.14. The molecule has 0 radical (unpaired) electrons. The first-order valence-electron chi connectivity index (χ1n) is 5.97. The Labute approximate surface area is 111 Å². The highest BCUT2D eigenvalue weighted by molar-refractivity contribution is 5.42.